The van der Waals surface area contributed by atoms with E-state index >= 15 is 0 Å². The van der Waals surface area contributed by atoms with Gasteiger partial charge in [0.25, 0.3) is 0 Å². The molecular weight excluding hydrogens is 140 g/mol. The van der Waals surface area contributed by atoms with Crippen molar-refractivity contribution in [2.75, 3.05) is 26.7 Å². The molecule has 1 aliphatic rings. The Morgan fingerprint density at radius 2 is 2.55 bits per heavy atom. The predicted octanol–water partition coefficient (Wildman–Crippen LogP) is 0.960. The summed E-state index contributed by atoms with van der Waals surface area (Å²) >= 11 is 0. The SMILES string of the molecule is C/C=N\OCC1CCN(C)C1. The molecule has 0 aromatic carbocycles. The first-order valence-electron chi connectivity index (χ1n) is 4.11. The second-order valence-electron chi connectivity index (χ2n) is 3.08. The molecule has 3 nitrogen and oxygen atoms in total. The van der Waals surface area contributed by atoms with Crippen molar-refractivity contribution in [2.45, 2.75) is 13.3 Å². The minimum Gasteiger partial charge on any atom is -0.396 e. The van der Waals surface area contributed by atoms with E-state index in [-0.39, 0.29) is 0 Å². The third-order valence-electron chi connectivity index (χ3n) is 1.98. The summed E-state index contributed by atoms with van der Waals surface area (Å²) in [4.78, 5) is 7.38. The second kappa shape index (κ2) is 4.34. The van der Waals surface area contributed by atoms with Crippen LogP contribution in [0.15, 0.2) is 5.16 Å². The van der Waals surface area contributed by atoms with Crippen LogP contribution in [0.3, 0.4) is 0 Å². The highest BCUT2D eigenvalue weighted by Crippen LogP contribution is 2.13. The van der Waals surface area contributed by atoms with Gasteiger partial charge in [0.1, 0.15) is 6.61 Å². The van der Waals surface area contributed by atoms with E-state index in [0.717, 1.165) is 13.2 Å². The normalized spacial score (nSPS) is 26.5. The summed E-state index contributed by atoms with van der Waals surface area (Å²) < 4.78 is 0. The summed E-state index contributed by atoms with van der Waals surface area (Å²) in [5, 5.41) is 3.72. The highest BCUT2D eigenvalue weighted by atomic mass is 16.6. The molecule has 1 atom stereocenters. The molecule has 0 bridgehead atoms. The van der Waals surface area contributed by atoms with Gasteiger partial charge in [-0.3, -0.25) is 0 Å². The molecule has 1 heterocycles. The molecule has 3 heteroatoms. The lowest BCUT2D eigenvalue weighted by atomic mass is 10.1. The van der Waals surface area contributed by atoms with Gasteiger partial charge in [-0.1, -0.05) is 5.16 Å². The zero-order valence-electron chi connectivity index (χ0n) is 7.29. The van der Waals surface area contributed by atoms with Gasteiger partial charge in [0, 0.05) is 18.7 Å². The zero-order valence-corrected chi connectivity index (χ0v) is 7.29. The monoisotopic (exact) mass is 156 g/mol. The Hall–Kier alpha value is -0.570. The molecule has 11 heavy (non-hydrogen) atoms. The van der Waals surface area contributed by atoms with E-state index in [9.17, 15) is 0 Å². The molecule has 0 saturated carbocycles. The lowest BCUT2D eigenvalue weighted by Gasteiger charge is -2.07. The molecule has 0 radical (unpaired) electrons. The fourth-order valence-electron chi connectivity index (χ4n) is 1.39. The van der Waals surface area contributed by atoms with E-state index in [4.69, 9.17) is 4.84 Å². The highest BCUT2D eigenvalue weighted by molar-refractivity contribution is 5.52. The average Bonchev–Trinajstić information content (AvgIpc) is 2.37. The van der Waals surface area contributed by atoms with Crippen LogP contribution in [0.2, 0.25) is 0 Å². The summed E-state index contributed by atoms with van der Waals surface area (Å²) in [7, 11) is 2.14. The molecule has 1 aliphatic heterocycles. The van der Waals surface area contributed by atoms with Crippen molar-refractivity contribution in [2.24, 2.45) is 11.1 Å². The Balaban J connectivity index is 2.08. The fourth-order valence-corrected chi connectivity index (χ4v) is 1.39. The first-order chi connectivity index (χ1) is 5.33. The number of hydrogen-bond acceptors (Lipinski definition) is 3. The van der Waals surface area contributed by atoms with Crippen LogP contribution < -0.4 is 0 Å². The fraction of sp³-hybridized carbons (Fsp3) is 0.875. The molecule has 1 unspecified atom stereocenters. The largest absolute Gasteiger partial charge is 0.396 e. The Bertz CT molecular complexity index is 136. The number of likely N-dealkylation sites (tertiary alicyclic amines) is 1. The van der Waals surface area contributed by atoms with Gasteiger partial charge in [0.05, 0.1) is 0 Å². The van der Waals surface area contributed by atoms with Crippen LogP contribution in [-0.2, 0) is 4.84 Å². The number of hydrogen-bond donors (Lipinski definition) is 0. The predicted molar refractivity (Wildman–Crippen MR) is 45.7 cm³/mol. The van der Waals surface area contributed by atoms with Gasteiger partial charge < -0.3 is 9.74 Å². The van der Waals surface area contributed by atoms with Crippen molar-refractivity contribution in [1.29, 1.82) is 0 Å². The van der Waals surface area contributed by atoms with Crippen LogP contribution in [-0.4, -0.2) is 37.9 Å². The van der Waals surface area contributed by atoms with E-state index in [2.05, 4.69) is 17.1 Å². The zero-order chi connectivity index (χ0) is 8.10. The summed E-state index contributed by atoms with van der Waals surface area (Å²) in [5.41, 5.74) is 0. The van der Waals surface area contributed by atoms with Gasteiger partial charge in [-0.25, -0.2) is 0 Å². The van der Waals surface area contributed by atoms with Gasteiger partial charge in [0.15, 0.2) is 0 Å². The first-order valence-corrected chi connectivity index (χ1v) is 4.11. The van der Waals surface area contributed by atoms with Crippen LogP contribution in [0.5, 0.6) is 0 Å². The molecule has 0 aliphatic carbocycles. The Morgan fingerprint density at radius 3 is 3.09 bits per heavy atom. The molecule has 1 fully saturated rings. The van der Waals surface area contributed by atoms with Crippen molar-refractivity contribution in [3.8, 4) is 0 Å². The van der Waals surface area contributed by atoms with Gasteiger partial charge in [0.2, 0.25) is 0 Å². The third-order valence-corrected chi connectivity index (χ3v) is 1.98. The van der Waals surface area contributed by atoms with Gasteiger partial charge >= 0.3 is 0 Å². The topological polar surface area (TPSA) is 24.8 Å². The molecule has 0 N–H and O–H groups in total. The van der Waals surface area contributed by atoms with E-state index in [1.807, 2.05) is 6.92 Å². The van der Waals surface area contributed by atoms with Crippen LogP contribution in [0.25, 0.3) is 0 Å². The third kappa shape index (κ3) is 2.89. The summed E-state index contributed by atoms with van der Waals surface area (Å²) in [6.45, 7) is 4.98. The molecule has 1 saturated heterocycles. The molecule has 0 amide bonds. The van der Waals surface area contributed by atoms with Crippen molar-refractivity contribution < 1.29 is 4.84 Å². The molecule has 0 aromatic rings. The van der Waals surface area contributed by atoms with E-state index in [1.54, 1.807) is 6.21 Å². The van der Waals surface area contributed by atoms with Crippen molar-refractivity contribution in [3.63, 3.8) is 0 Å². The van der Waals surface area contributed by atoms with Crippen molar-refractivity contribution >= 4 is 6.21 Å². The number of rotatable bonds is 3. The van der Waals surface area contributed by atoms with Gasteiger partial charge in [-0.15, -0.1) is 0 Å². The lowest BCUT2D eigenvalue weighted by molar-refractivity contribution is 0.111. The number of nitrogens with zero attached hydrogens (tertiary/aromatic N) is 2. The van der Waals surface area contributed by atoms with Crippen molar-refractivity contribution in [3.05, 3.63) is 0 Å². The Morgan fingerprint density at radius 1 is 1.73 bits per heavy atom. The van der Waals surface area contributed by atoms with Crippen LogP contribution >= 0.6 is 0 Å². The minimum absolute atomic E-state index is 0.684. The lowest BCUT2D eigenvalue weighted by Crippen LogP contribution is -2.16. The van der Waals surface area contributed by atoms with Crippen LogP contribution in [0.4, 0.5) is 0 Å². The molecular formula is C8H16N2O. The first kappa shape index (κ1) is 8.53. The molecule has 64 valence electrons. The standard InChI is InChI=1S/C8H16N2O/c1-3-9-11-7-8-4-5-10(2)6-8/h3,8H,4-7H2,1-2H3/b9-3-. The summed E-state index contributed by atoms with van der Waals surface area (Å²) in [6.07, 6.45) is 2.92. The average molecular weight is 156 g/mol. The molecule has 0 aromatic heterocycles. The second-order valence-corrected chi connectivity index (χ2v) is 3.08. The van der Waals surface area contributed by atoms with Crippen molar-refractivity contribution in [1.82, 2.24) is 4.90 Å². The Labute approximate surface area is 68.0 Å². The molecule has 0 spiro atoms. The summed E-state index contributed by atoms with van der Waals surface area (Å²) in [6, 6.07) is 0. The maximum atomic E-state index is 5.06. The minimum atomic E-state index is 0.684. The number of oxime groups is 1. The van der Waals surface area contributed by atoms with E-state index in [1.165, 1.54) is 13.0 Å². The maximum Gasteiger partial charge on any atom is 0.121 e. The highest BCUT2D eigenvalue weighted by Gasteiger charge is 2.19. The van der Waals surface area contributed by atoms with Gasteiger partial charge in [-0.05, 0) is 26.9 Å². The van der Waals surface area contributed by atoms with E-state index < -0.39 is 0 Å². The Kier molecular flexibility index (Phi) is 3.36. The smallest absolute Gasteiger partial charge is 0.121 e. The van der Waals surface area contributed by atoms with Crippen LogP contribution in [0, 0.1) is 5.92 Å². The van der Waals surface area contributed by atoms with E-state index in [0.29, 0.717) is 5.92 Å². The summed E-state index contributed by atoms with van der Waals surface area (Å²) in [5.74, 6) is 0.684. The maximum absolute atomic E-state index is 5.06. The molecule has 1 rings (SSSR count). The van der Waals surface area contributed by atoms with Gasteiger partial charge in [-0.2, -0.15) is 0 Å². The van der Waals surface area contributed by atoms with Crippen LogP contribution in [0.1, 0.15) is 13.3 Å². The quantitative estimate of drug-likeness (QED) is 0.449.